The molecule has 0 unspecified atom stereocenters. The molecule has 9 heteroatoms. The van der Waals surface area contributed by atoms with Gasteiger partial charge in [-0.05, 0) is 41.8 Å². The molecule has 4 aromatic carbocycles. The van der Waals surface area contributed by atoms with E-state index in [2.05, 4.69) is 28.1 Å². The zero-order valence-corrected chi connectivity index (χ0v) is 25.4. The highest BCUT2D eigenvalue weighted by atomic mass is 79.9. The first-order chi connectivity index (χ1) is 21.0. The average Bonchev–Trinajstić information content (AvgIpc) is 3.05. The van der Waals surface area contributed by atoms with Crippen molar-refractivity contribution < 1.29 is 39.1 Å². The lowest BCUT2D eigenvalue weighted by Gasteiger charge is -2.09. The van der Waals surface area contributed by atoms with Crippen LogP contribution in [0.4, 0.5) is 0 Å². The van der Waals surface area contributed by atoms with Crippen molar-refractivity contribution in [3.8, 4) is 23.0 Å². The Morgan fingerprint density at radius 3 is 1.60 bits per heavy atom. The van der Waals surface area contributed by atoms with Gasteiger partial charge >= 0.3 is 0 Å². The lowest BCUT2D eigenvalue weighted by atomic mass is 10.2. The minimum Gasteiger partial charge on any atom is -0.504 e. The summed E-state index contributed by atoms with van der Waals surface area (Å²) in [5.74, 6) is -0.428. The lowest BCUT2D eigenvalue weighted by molar-refractivity contribution is 0.106. The van der Waals surface area contributed by atoms with Gasteiger partial charge in [-0.25, -0.2) is 0 Å². The summed E-state index contributed by atoms with van der Waals surface area (Å²) in [7, 11) is 0. The van der Waals surface area contributed by atoms with Crippen LogP contribution in [-0.4, -0.2) is 53.0 Å². The van der Waals surface area contributed by atoms with Gasteiger partial charge in [0, 0.05) is 18.4 Å². The van der Waals surface area contributed by atoms with Crippen molar-refractivity contribution >= 4 is 28.5 Å². The highest BCUT2D eigenvalue weighted by molar-refractivity contribution is 9.09. The molecule has 0 radical (unpaired) electrons. The molecule has 8 nitrogen and oxygen atoms in total. The molecule has 4 rings (SSSR count). The van der Waals surface area contributed by atoms with Crippen molar-refractivity contribution in [1.29, 1.82) is 0 Å². The second-order valence-electron chi connectivity index (χ2n) is 8.97. The number of carbonyl (C=O) groups is 2. The fraction of sp³-hybridized carbons (Fsp3) is 0.235. The molecular weight excluding hydrogens is 616 g/mol. The van der Waals surface area contributed by atoms with Crippen LogP contribution in [0, 0.1) is 0 Å². The molecule has 0 aliphatic rings. The number of hydrogen-bond acceptors (Lipinski definition) is 8. The molecule has 0 aromatic heterocycles. The van der Waals surface area contributed by atoms with E-state index < -0.39 is 0 Å². The number of hydrogen-bond donors (Lipinski definition) is 3. The summed E-state index contributed by atoms with van der Waals surface area (Å²) in [6.07, 6.45) is 2.87. The number of phenols is 3. The highest BCUT2D eigenvalue weighted by Gasteiger charge is 2.07. The summed E-state index contributed by atoms with van der Waals surface area (Å²) >= 11 is 3.36. The first-order valence-electron chi connectivity index (χ1n) is 13.7. The van der Waals surface area contributed by atoms with Gasteiger partial charge in [0.25, 0.3) is 0 Å². The minimum absolute atomic E-state index is 0.0972. The van der Waals surface area contributed by atoms with Crippen LogP contribution in [0.25, 0.3) is 0 Å². The van der Waals surface area contributed by atoms with Gasteiger partial charge in [-0.15, -0.1) is 0 Å². The normalized spacial score (nSPS) is 9.98. The first-order valence-corrected chi connectivity index (χ1v) is 14.8. The fourth-order valence-corrected chi connectivity index (χ4v) is 3.65. The monoisotopic (exact) mass is 652 g/mol. The Labute approximate surface area is 260 Å². The van der Waals surface area contributed by atoms with Crippen LogP contribution in [0.2, 0.25) is 0 Å². The summed E-state index contributed by atoms with van der Waals surface area (Å²) < 4.78 is 16.4. The summed E-state index contributed by atoms with van der Waals surface area (Å²) in [5.41, 5.74) is 2.70. The molecule has 43 heavy (non-hydrogen) atoms. The number of aromatic hydroxyl groups is 3. The lowest BCUT2D eigenvalue weighted by Crippen LogP contribution is -2.03. The fourth-order valence-electron chi connectivity index (χ4n) is 3.42. The van der Waals surface area contributed by atoms with E-state index >= 15 is 0 Å². The van der Waals surface area contributed by atoms with Crippen molar-refractivity contribution in [2.75, 3.05) is 25.2 Å². The van der Waals surface area contributed by atoms with Crippen LogP contribution in [0.5, 0.6) is 23.0 Å². The SMILES string of the molecule is BrCCCOCc1ccccc1.O=Cc1cccc(O)c1O.O=Cc1cccc(OCCCOCc2ccccc2)c1O. The molecule has 0 saturated carbocycles. The van der Waals surface area contributed by atoms with Crippen LogP contribution < -0.4 is 4.74 Å². The zero-order valence-electron chi connectivity index (χ0n) is 23.8. The van der Waals surface area contributed by atoms with Gasteiger partial charge in [0.2, 0.25) is 0 Å². The van der Waals surface area contributed by atoms with E-state index in [0.717, 1.165) is 30.5 Å². The maximum Gasteiger partial charge on any atom is 0.168 e. The van der Waals surface area contributed by atoms with E-state index in [-0.39, 0.29) is 28.4 Å². The predicted molar refractivity (Wildman–Crippen MR) is 169 cm³/mol. The van der Waals surface area contributed by atoms with E-state index in [4.69, 9.17) is 24.4 Å². The van der Waals surface area contributed by atoms with Crippen molar-refractivity contribution in [1.82, 2.24) is 0 Å². The van der Waals surface area contributed by atoms with Crippen LogP contribution in [0.1, 0.15) is 44.7 Å². The Morgan fingerprint density at radius 1 is 0.581 bits per heavy atom. The summed E-state index contributed by atoms with van der Waals surface area (Å²) in [6, 6.07) is 29.2. The van der Waals surface area contributed by atoms with Crippen molar-refractivity contribution in [2.24, 2.45) is 0 Å². The number of phenolic OH excluding ortho intramolecular Hbond substituents is 3. The largest absolute Gasteiger partial charge is 0.504 e. The first kappa shape index (κ1) is 35.0. The average molecular weight is 654 g/mol. The number of benzene rings is 4. The van der Waals surface area contributed by atoms with Gasteiger partial charge in [0.15, 0.2) is 35.6 Å². The van der Waals surface area contributed by atoms with E-state index in [1.165, 1.54) is 29.8 Å². The molecule has 0 amide bonds. The van der Waals surface area contributed by atoms with Gasteiger partial charge in [-0.3, -0.25) is 9.59 Å². The summed E-state index contributed by atoms with van der Waals surface area (Å²) in [5, 5.41) is 28.5. The molecule has 3 N–H and O–H groups in total. The molecule has 0 aliphatic heterocycles. The third kappa shape index (κ3) is 14.0. The number of aldehydes is 2. The molecule has 228 valence electrons. The quantitative estimate of drug-likeness (QED) is 0.0571. The Bertz CT molecular complexity index is 1330. The summed E-state index contributed by atoms with van der Waals surface area (Å²) in [4.78, 5) is 20.8. The molecule has 4 aromatic rings. The summed E-state index contributed by atoms with van der Waals surface area (Å²) in [6.45, 7) is 3.13. The minimum atomic E-state index is -0.363. The van der Waals surface area contributed by atoms with E-state index in [1.54, 1.807) is 12.1 Å². The van der Waals surface area contributed by atoms with Crippen LogP contribution >= 0.6 is 15.9 Å². The predicted octanol–water partition coefficient (Wildman–Crippen LogP) is 7.09. The van der Waals surface area contributed by atoms with Gasteiger partial charge in [-0.2, -0.15) is 0 Å². The second kappa shape index (κ2) is 21.5. The smallest absolute Gasteiger partial charge is 0.168 e. The zero-order chi connectivity index (χ0) is 31.1. The Morgan fingerprint density at radius 2 is 1.09 bits per heavy atom. The maximum absolute atomic E-state index is 10.7. The van der Waals surface area contributed by atoms with E-state index in [0.29, 0.717) is 44.6 Å². The van der Waals surface area contributed by atoms with Crippen LogP contribution in [-0.2, 0) is 22.7 Å². The van der Waals surface area contributed by atoms with Crippen LogP contribution in [0.15, 0.2) is 97.1 Å². The Balaban J connectivity index is 0.000000248. The maximum atomic E-state index is 10.7. The molecule has 0 fully saturated rings. The van der Waals surface area contributed by atoms with Gasteiger partial charge in [0.05, 0.1) is 37.6 Å². The van der Waals surface area contributed by atoms with Gasteiger partial charge in [0.1, 0.15) is 0 Å². The van der Waals surface area contributed by atoms with E-state index in [1.807, 2.05) is 48.5 Å². The Kier molecular flexibility index (Phi) is 17.5. The van der Waals surface area contributed by atoms with Gasteiger partial charge < -0.3 is 29.5 Å². The standard InChI is InChI=1S/C17H18O4.C10H13BrO.C7H6O3/c18-12-15-8-4-9-16(17(15)19)21-11-5-10-20-13-14-6-2-1-3-7-14;11-7-4-8-12-9-10-5-2-1-3-6-10;8-4-5-2-1-3-6(9)7(5)10/h1-4,6-9,12,19H,5,10-11,13H2;1-3,5-6H,4,7-9H2;1-4,9-10H. The molecule has 0 bridgehead atoms. The third-order valence-corrected chi connectivity index (χ3v) is 6.23. The molecule has 0 spiro atoms. The Hall–Kier alpha value is -4.18. The molecule has 0 atom stereocenters. The van der Waals surface area contributed by atoms with Crippen molar-refractivity contribution in [3.05, 3.63) is 119 Å². The number of ether oxygens (including phenoxy) is 3. The second-order valence-corrected chi connectivity index (χ2v) is 9.76. The van der Waals surface area contributed by atoms with Crippen molar-refractivity contribution in [3.63, 3.8) is 0 Å². The highest BCUT2D eigenvalue weighted by Crippen LogP contribution is 2.28. The third-order valence-electron chi connectivity index (χ3n) is 5.67. The molecule has 0 saturated heterocycles. The van der Waals surface area contributed by atoms with Crippen molar-refractivity contribution in [2.45, 2.75) is 26.1 Å². The number of alkyl halides is 1. The number of halogens is 1. The molecule has 0 aliphatic carbocycles. The van der Waals surface area contributed by atoms with Gasteiger partial charge in [-0.1, -0.05) is 88.7 Å². The number of rotatable bonds is 14. The molecule has 0 heterocycles. The van der Waals surface area contributed by atoms with Crippen LogP contribution in [0.3, 0.4) is 0 Å². The number of carbonyl (C=O) groups excluding carboxylic acids is 2. The topological polar surface area (TPSA) is 123 Å². The van der Waals surface area contributed by atoms with E-state index in [9.17, 15) is 14.7 Å². The molecular formula is C34H37BrO8. The number of para-hydroxylation sites is 2.